The van der Waals surface area contributed by atoms with Crippen molar-refractivity contribution in [2.45, 2.75) is 0 Å². The smallest absolute Gasteiger partial charge is 0.226 e. The summed E-state index contributed by atoms with van der Waals surface area (Å²) in [6.45, 7) is 0. The number of furan rings is 1. The molecule has 6 heteroatoms. The molecule has 0 saturated carbocycles. The maximum Gasteiger partial charge on any atom is 0.226 e. The van der Waals surface area contributed by atoms with Crippen LogP contribution in [0.25, 0.3) is 44.7 Å². The lowest BCUT2D eigenvalue weighted by atomic mass is 10.1. The van der Waals surface area contributed by atoms with Crippen molar-refractivity contribution in [2.75, 3.05) is 0 Å². The van der Waals surface area contributed by atoms with Crippen LogP contribution in [0.15, 0.2) is 162 Å². The van der Waals surface area contributed by atoms with Gasteiger partial charge in [-0.1, -0.05) is 146 Å². The quantitative estimate of drug-likeness (QED) is 0.147. The van der Waals surface area contributed by atoms with Crippen LogP contribution >= 0.6 is 11.6 Å². The number of halogens is 1. The van der Waals surface area contributed by atoms with Crippen LogP contribution in [0.4, 0.5) is 0 Å². The van der Waals surface area contributed by atoms with Crippen molar-refractivity contribution in [1.29, 1.82) is 0 Å². The van der Waals surface area contributed by atoms with Crippen LogP contribution in [0.1, 0.15) is 0 Å². The van der Waals surface area contributed by atoms with Crippen LogP contribution in [0, 0.1) is 0 Å². The summed E-state index contributed by atoms with van der Waals surface area (Å²) in [5, 5.41) is 7.23. The second-order valence-corrected chi connectivity index (χ2v) is 15.1. The first-order chi connectivity index (χ1) is 22.2. The molecule has 8 rings (SSSR count). The van der Waals surface area contributed by atoms with Gasteiger partial charge in [0.05, 0.1) is 0 Å². The van der Waals surface area contributed by atoms with E-state index in [1.165, 1.54) is 20.7 Å². The standard InChI is InChI=1S/C39H26ClN3OSi/c40-39-42-37(41-38(43-39)33-23-13-25-35-36(33)32-22-10-11-24-34(32)44-35)27-14-12-21-31(26-27)45(28-15-4-1-5-16-28,29-17-6-2-7-18-29)30-19-8-3-9-20-30/h1-26H. The minimum Gasteiger partial charge on any atom is -0.456 e. The molecule has 2 heterocycles. The highest BCUT2D eigenvalue weighted by molar-refractivity contribution is 7.19. The molecule has 0 fully saturated rings. The molecule has 6 aromatic carbocycles. The number of rotatable bonds is 6. The molecular formula is C39H26ClN3OSi. The third-order valence-electron chi connectivity index (χ3n) is 8.43. The van der Waals surface area contributed by atoms with Crippen LogP contribution in [0.5, 0.6) is 0 Å². The highest BCUT2D eigenvalue weighted by atomic mass is 35.5. The molecule has 0 aliphatic rings. The minimum atomic E-state index is -2.73. The van der Waals surface area contributed by atoms with E-state index in [9.17, 15) is 0 Å². The van der Waals surface area contributed by atoms with Gasteiger partial charge < -0.3 is 4.42 Å². The van der Waals surface area contributed by atoms with E-state index in [1.54, 1.807) is 0 Å². The topological polar surface area (TPSA) is 51.8 Å². The Morgan fingerprint density at radius 1 is 0.467 bits per heavy atom. The van der Waals surface area contributed by atoms with Gasteiger partial charge in [0.15, 0.2) is 19.7 Å². The van der Waals surface area contributed by atoms with E-state index in [0.717, 1.165) is 33.1 Å². The SMILES string of the molecule is Clc1nc(-c2cccc([Si](c3ccccc3)(c3ccccc3)c3ccccc3)c2)nc(-c2cccc3oc4ccccc4c23)n1. The summed E-state index contributed by atoms with van der Waals surface area (Å²) in [4.78, 5) is 14.2. The molecule has 8 aromatic rings. The predicted molar refractivity (Wildman–Crippen MR) is 187 cm³/mol. The van der Waals surface area contributed by atoms with Gasteiger partial charge in [-0.15, -0.1) is 0 Å². The fourth-order valence-electron chi connectivity index (χ4n) is 6.52. The second-order valence-electron chi connectivity index (χ2n) is 11.0. The summed E-state index contributed by atoms with van der Waals surface area (Å²) in [7, 11) is -2.73. The van der Waals surface area contributed by atoms with Gasteiger partial charge in [-0.2, -0.15) is 9.97 Å². The molecule has 0 atom stereocenters. The van der Waals surface area contributed by atoms with Crippen LogP contribution in [0.3, 0.4) is 0 Å². The Morgan fingerprint density at radius 3 is 1.67 bits per heavy atom. The molecule has 0 amide bonds. The van der Waals surface area contributed by atoms with Crippen molar-refractivity contribution >= 4 is 62.4 Å². The van der Waals surface area contributed by atoms with Crippen LogP contribution in [0.2, 0.25) is 5.28 Å². The maximum absolute atomic E-state index is 6.63. The average Bonchev–Trinajstić information content (AvgIpc) is 3.49. The Morgan fingerprint density at radius 2 is 1.00 bits per heavy atom. The number of nitrogens with zero attached hydrogens (tertiary/aromatic N) is 3. The number of hydrogen-bond acceptors (Lipinski definition) is 4. The van der Waals surface area contributed by atoms with Gasteiger partial charge in [-0.05, 0) is 44.5 Å². The van der Waals surface area contributed by atoms with Gasteiger partial charge >= 0.3 is 0 Å². The number of hydrogen-bond donors (Lipinski definition) is 0. The van der Waals surface area contributed by atoms with E-state index in [1.807, 2.05) is 42.5 Å². The lowest BCUT2D eigenvalue weighted by molar-refractivity contribution is 0.669. The third-order valence-corrected chi connectivity index (χ3v) is 13.4. The first kappa shape index (κ1) is 27.2. The average molecular weight is 616 g/mol. The van der Waals surface area contributed by atoms with Crippen molar-refractivity contribution in [3.05, 3.63) is 163 Å². The fourth-order valence-corrected chi connectivity index (χ4v) is 11.5. The Hall–Kier alpha value is -5.36. The van der Waals surface area contributed by atoms with Crippen molar-refractivity contribution in [1.82, 2.24) is 15.0 Å². The lowest BCUT2D eigenvalue weighted by Gasteiger charge is -2.34. The molecule has 2 aromatic heterocycles. The van der Waals surface area contributed by atoms with Gasteiger partial charge in [-0.25, -0.2) is 4.98 Å². The second kappa shape index (κ2) is 11.3. The Labute approximate surface area is 266 Å². The zero-order valence-corrected chi connectivity index (χ0v) is 25.9. The van der Waals surface area contributed by atoms with Gasteiger partial charge in [0.2, 0.25) is 5.28 Å². The van der Waals surface area contributed by atoms with E-state index < -0.39 is 8.07 Å². The van der Waals surface area contributed by atoms with Crippen molar-refractivity contribution in [3.8, 4) is 22.8 Å². The minimum absolute atomic E-state index is 0.142. The van der Waals surface area contributed by atoms with Gasteiger partial charge in [-0.3, -0.25) is 0 Å². The van der Waals surface area contributed by atoms with Gasteiger partial charge in [0.1, 0.15) is 11.2 Å². The zero-order valence-electron chi connectivity index (χ0n) is 24.1. The van der Waals surface area contributed by atoms with Gasteiger partial charge in [0.25, 0.3) is 0 Å². The number of fused-ring (bicyclic) bond motifs is 3. The first-order valence-corrected chi connectivity index (χ1v) is 17.2. The molecule has 0 spiro atoms. The van der Waals surface area contributed by atoms with E-state index in [-0.39, 0.29) is 5.28 Å². The van der Waals surface area contributed by atoms with Crippen LogP contribution in [-0.4, -0.2) is 23.0 Å². The Balaban J connectivity index is 1.35. The molecular weight excluding hydrogens is 590 g/mol. The third kappa shape index (κ3) is 4.65. The van der Waals surface area contributed by atoms with Crippen LogP contribution < -0.4 is 20.7 Å². The molecule has 214 valence electrons. The summed E-state index contributed by atoms with van der Waals surface area (Å²) in [5.41, 5.74) is 3.32. The Bertz CT molecular complexity index is 2190. The molecule has 4 nitrogen and oxygen atoms in total. The van der Waals surface area contributed by atoms with Crippen LogP contribution in [-0.2, 0) is 0 Å². The van der Waals surface area contributed by atoms with E-state index >= 15 is 0 Å². The van der Waals surface area contributed by atoms with E-state index in [2.05, 4.69) is 125 Å². The summed E-state index contributed by atoms with van der Waals surface area (Å²) in [5.74, 6) is 1.03. The van der Waals surface area contributed by atoms with Crippen molar-refractivity contribution < 1.29 is 4.42 Å². The zero-order chi connectivity index (χ0) is 30.2. The van der Waals surface area contributed by atoms with Crippen molar-refractivity contribution in [2.24, 2.45) is 0 Å². The maximum atomic E-state index is 6.63. The molecule has 0 radical (unpaired) electrons. The predicted octanol–water partition coefficient (Wildman–Crippen LogP) is 7.14. The van der Waals surface area contributed by atoms with E-state index in [0.29, 0.717) is 11.6 Å². The molecule has 0 unspecified atom stereocenters. The number of aromatic nitrogens is 3. The lowest BCUT2D eigenvalue weighted by Crippen LogP contribution is -2.74. The molecule has 0 aliphatic heterocycles. The highest BCUT2D eigenvalue weighted by Gasteiger charge is 2.41. The summed E-state index contributed by atoms with van der Waals surface area (Å²) in [6.07, 6.45) is 0. The van der Waals surface area contributed by atoms with Gasteiger partial charge in [0, 0.05) is 21.9 Å². The summed E-state index contributed by atoms with van der Waals surface area (Å²) < 4.78 is 6.14. The van der Waals surface area contributed by atoms with Crippen molar-refractivity contribution in [3.63, 3.8) is 0 Å². The highest BCUT2D eigenvalue weighted by Crippen LogP contribution is 2.36. The molecule has 0 saturated heterocycles. The molecule has 0 N–H and O–H groups in total. The first-order valence-electron chi connectivity index (χ1n) is 14.8. The molecule has 45 heavy (non-hydrogen) atoms. The summed E-state index contributed by atoms with van der Waals surface area (Å²) in [6, 6.07) is 55.1. The molecule has 0 bridgehead atoms. The molecule has 0 aliphatic carbocycles. The monoisotopic (exact) mass is 615 g/mol. The normalized spacial score (nSPS) is 11.7. The Kier molecular flexibility index (Phi) is 6.82. The van der Waals surface area contributed by atoms with E-state index in [4.69, 9.17) is 21.0 Å². The number of benzene rings is 6. The fraction of sp³-hybridized carbons (Fsp3) is 0. The number of para-hydroxylation sites is 1. The largest absolute Gasteiger partial charge is 0.456 e. The summed E-state index contributed by atoms with van der Waals surface area (Å²) >= 11 is 6.63.